The molecule has 0 aliphatic carbocycles. The molecule has 0 atom stereocenters. The minimum atomic E-state index is -0.351. The van der Waals surface area contributed by atoms with Gasteiger partial charge in [0.2, 0.25) is 5.91 Å². The first-order chi connectivity index (χ1) is 12.0. The number of hydrogen-bond acceptors (Lipinski definition) is 5. The van der Waals surface area contributed by atoms with E-state index in [0.717, 1.165) is 20.5 Å². The van der Waals surface area contributed by atoms with E-state index >= 15 is 0 Å². The smallest absolute Gasteiger partial charge is 0.259 e. The molecule has 2 aromatic heterocycles. The van der Waals surface area contributed by atoms with E-state index < -0.39 is 0 Å². The number of carbonyl (C=O) groups is 1. The Hall–Kier alpha value is -2.32. The van der Waals surface area contributed by atoms with Crippen molar-refractivity contribution in [2.24, 2.45) is 5.10 Å². The lowest BCUT2D eigenvalue weighted by Crippen LogP contribution is -2.23. The molecule has 2 heterocycles. The van der Waals surface area contributed by atoms with Crippen LogP contribution in [0.15, 0.2) is 38.6 Å². The fraction of sp³-hybridized carbons (Fsp3) is 0.176. The maximum atomic E-state index is 12.2. The molecule has 2 N–H and O–H groups in total. The Morgan fingerprint density at radius 2 is 2.16 bits per heavy atom. The number of benzene rings is 1. The number of hydrogen-bond donors (Lipinski definition) is 2. The number of thiophene rings is 1. The van der Waals surface area contributed by atoms with Gasteiger partial charge in [-0.25, -0.2) is 10.4 Å². The van der Waals surface area contributed by atoms with Gasteiger partial charge in [0.25, 0.3) is 5.56 Å². The first kappa shape index (κ1) is 17.5. The molecular weight excluding hydrogens is 404 g/mol. The fourth-order valence-electron chi connectivity index (χ4n) is 2.33. The number of nitrogens with zero attached hydrogens (tertiary/aromatic N) is 2. The van der Waals surface area contributed by atoms with Crippen molar-refractivity contribution in [1.29, 1.82) is 0 Å². The van der Waals surface area contributed by atoms with Crippen molar-refractivity contribution in [2.45, 2.75) is 20.3 Å². The second-order valence-corrected chi connectivity index (χ2v) is 7.53. The second kappa shape index (κ2) is 7.28. The molecule has 0 spiro atoms. The van der Waals surface area contributed by atoms with Crippen molar-refractivity contribution in [2.75, 3.05) is 0 Å². The van der Waals surface area contributed by atoms with E-state index in [0.29, 0.717) is 16.0 Å². The lowest BCUT2D eigenvalue weighted by Gasteiger charge is -2.01. The van der Waals surface area contributed by atoms with Crippen molar-refractivity contribution >= 4 is 49.6 Å². The first-order valence-electron chi connectivity index (χ1n) is 7.51. The molecule has 0 bridgehead atoms. The lowest BCUT2D eigenvalue weighted by molar-refractivity contribution is -0.120. The maximum absolute atomic E-state index is 12.2. The summed E-state index contributed by atoms with van der Waals surface area (Å²) in [6, 6.07) is 7.53. The molecule has 128 valence electrons. The van der Waals surface area contributed by atoms with Crippen molar-refractivity contribution in [3.63, 3.8) is 0 Å². The highest BCUT2D eigenvalue weighted by molar-refractivity contribution is 9.10. The molecule has 1 aromatic carbocycles. The van der Waals surface area contributed by atoms with E-state index in [-0.39, 0.29) is 17.9 Å². The summed E-state index contributed by atoms with van der Waals surface area (Å²) < 4.78 is 0.882. The molecule has 0 aliphatic rings. The van der Waals surface area contributed by atoms with E-state index in [1.807, 2.05) is 38.1 Å². The molecule has 1 amide bonds. The normalized spacial score (nSPS) is 11.3. The van der Waals surface area contributed by atoms with E-state index in [1.54, 1.807) is 6.21 Å². The molecule has 6 nitrogen and oxygen atoms in total. The number of nitrogens with one attached hydrogen (secondary N) is 2. The Bertz CT molecular complexity index is 1040. The molecular formula is C17H15BrN4O2S. The first-order valence-corrected chi connectivity index (χ1v) is 9.12. The quantitative estimate of drug-likeness (QED) is 0.504. The fourth-order valence-corrected chi connectivity index (χ4v) is 3.76. The van der Waals surface area contributed by atoms with Crippen LogP contribution >= 0.6 is 27.3 Å². The summed E-state index contributed by atoms with van der Waals surface area (Å²) in [7, 11) is 0. The standard InChI is InChI=1S/C17H15BrN4O2S/c1-9-10(2)25-17-15(9)16(24)20-13(21-17)7-14(23)22-19-8-11-5-3-4-6-12(11)18/h3-6,8H,7H2,1-2H3,(H,22,23)(H,20,21,24)/b19-8+. The van der Waals surface area contributed by atoms with Gasteiger partial charge in [0.1, 0.15) is 10.7 Å². The number of carbonyl (C=O) groups excluding carboxylic acids is 1. The van der Waals surface area contributed by atoms with E-state index in [9.17, 15) is 9.59 Å². The van der Waals surface area contributed by atoms with E-state index in [2.05, 4.69) is 36.4 Å². The summed E-state index contributed by atoms with van der Waals surface area (Å²) in [5, 5.41) is 4.53. The molecule has 3 aromatic rings. The zero-order valence-electron chi connectivity index (χ0n) is 13.6. The summed E-state index contributed by atoms with van der Waals surface area (Å²) in [5.74, 6) is -0.0249. The third-order valence-corrected chi connectivity index (χ3v) is 5.54. The number of aromatic amines is 1. The largest absolute Gasteiger partial charge is 0.309 e. The SMILES string of the molecule is Cc1sc2nc(CC(=O)N/N=C/c3ccccc3Br)[nH]c(=O)c2c1C. The highest BCUT2D eigenvalue weighted by Crippen LogP contribution is 2.25. The van der Waals surface area contributed by atoms with Crippen LogP contribution in [0, 0.1) is 13.8 Å². The minimum Gasteiger partial charge on any atom is -0.309 e. The predicted octanol–water partition coefficient (Wildman–Crippen LogP) is 3.06. The van der Waals surface area contributed by atoms with Crippen LogP contribution in [-0.4, -0.2) is 22.1 Å². The van der Waals surface area contributed by atoms with Crippen LogP contribution in [0.5, 0.6) is 0 Å². The number of rotatable bonds is 4. The molecule has 0 saturated carbocycles. The van der Waals surface area contributed by atoms with Gasteiger partial charge in [-0.15, -0.1) is 11.3 Å². The van der Waals surface area contributed by atoms with Crippen molar-refractivity contribution < 1.29 is 4.79 Å². The Morgan fingerprint density at radius 1 is 1.40 bits per heavy atom. The number of amides is 1. The number of halogens is 1. The van der Waals surface area contributed by atoms with Crippen LogP contribution < -0.4 is 11.0 Å². The van der Waals surface area contributed by atoms with Crippen LogP contribution in [0.25, 0.3) is 10.2 Å². The number of H-pyrrole nitrogens is 1. The number of aryl methyl sites for hydroxylation is 2. The summed E-state index contributed by atoms with van der Waals surface area (Å²) in [6.45, 7) is 3.85. The van der Waals surface area contributed by atoms with Gasteiger partial charge < -0.3 is 4.98 Å². The van der Waals surface area contributed by atoms with Crippen LogP contribution in [-0.2, 0) is 11.2 Å². The van der Waals surface area contributed by atoms with Crippen LogP contribution in [0.1, 0.15) is 21.8 Å². The minimum absolute atomic E-state index is 0.0471. The van der Waals surface area contributed by atoms with Gasteiger partial charge in [-0.2, -0.15) is 5.10 Å². The molecule has 8 heteroatoms. The Kier molecular flexibility index (Phi) is 5.10. The molecule has 0 saturated heterocycles. The Balaban J connectivity index is 1.72. The molecule has 3 rings (SSSR count). The Morgan fingerprint density at radius 3 is 2.92 bits per heavy atom. The van der Waals surface area contributed by atoms with Crippen molar-refractivity contribution in [3.8, 4) is 0 Å². The summed E-state index contributed by atoms with van der Waals surface area (Å²) in [6.07, 6.45) is 1.50. The zero-order chi connectivity index (χ0) is 18.0. The van der Waals surface area contributed by atoms with E-state index in [1.165, 1.54) is 11.3 Å². The highest BCUT2D eigenvalue weighted by Gasteiger charge is 2.13. The monoisotopic (exact) mass is 418 g/mol. The van der Waals surface area contributed by atoms with Gasteiger partial charge in [0.15, 0.2) is 0 Å². The lowest BCUT2D eigenvalue weighted by atomic mass is 10.2. The molecule has 0 radical (unpaired) electrons. The average molecular weight is 419 g/mol. The molecule has 0 fully saturated rings. The maximum Gasteiger partial charge on any atom is 0.259 e. The zero-order valence-corrected chi connectivity index (χ0v) is 16.0. The average Bonchev–Trinajstić information content (AvgIpc) is 2.84. The van der Waals surface area contributed by atoms with Crippen molar-refractivity contribution in [1.82, 2.24) is 15.4 Å². The Labute approximate surface area is 156 Å². The van der Waals surface area contributed by atoms with Crippen molar-refractivity contribution in [3.05, 3.63) is 60.9 Å². The predicted molar refractivity (Wildman–Crippen MR) is 103 cm³/mol. The van der Waals surface area contributed by atoms with Gasteiger partial charge in [0.05, 0.1) is 18.0 Å². The van der Waals surface area contributed by atoms with Crippen LogP contribution in [0.4, 0.5) is 0 Å². The number of fused-ring (bicyclic) bond motifs is 1. The van der Waals surface area contributed by atoms with Gasteiger partial charge in [-0.05, 0) is 25.5 Å². The second-order valence-electron chi connectivity index (χ2n) is 5.47. The van der Waals surface area contributed by atoms with Crippen LogP contribution in [0.2, 0.25) is 0 Å². The summed E-state index contributed by atoms with van der Waals surface area (Å²) in [4.78, 5) is 33.0. The molecule has 0 unspecified atom stereocenters. The third kappa shape index (κ3) is 3.85. The number of hydrazone groups is 1. The topological polar surface area (TPSA) is 87.2 Å². The summed E-state index contributed by atoms with van der Waals surface area (Å²) >= 11 is 4.86. The van der Waals surface area contributed by atoms with Gasteiger partial charge >= 0.3 is 0 Å². The third-order valence-electron chi connectivity index (χ3n) is 3.71. The van der Waals surface area contributed by atoms with Crippen LogP contribution in [0.3, 0.4) is 0 Å². The van der Waals surface area contributed by atoms with E-state index in [4.69, 9.17) is 0 Å². The molecule has 25 heavy (non-hydrogen) atoms. The molecule has 0 aliphatic heterocycles. The van der Waals surface area contributed by atoms with Gasteiger partial charge in [-0.3, -0.25) is 9.59 Å². The van der Waals surface area contributed by atoms with Gasteiger partial charge in [-0.1, -0.05) is 34.1 Å². The summed E-state index contributed by atoms with van der Waals surface area (Å²) in [5.41, 5.74) is 4.01. The highest BCUT2D eigenvalue weighted by atomic mass is 79.9. The van der Waals surface area contributed by atoms with Gasteiger partial charge in [0, 0.05) is 14.9 Å². The number of aromatic nitrogens is 2.